The number of para-hydroxylation sites is 1. The second kappa shape index (κ2) is 9.04. The number of anilines is 2. The van der Waals surface area contributed by atoms with Gasteiger partial charge in [-0.2, -0.15) is 0 Å². The molecule has 1 aliphatic carbocycles. The highest BCUT2D eigenvalue weighted by Crippen LogP contribution is 2.43. The maximum Gasteiger partial charge on any atom is 0.238 e. The molecule has 5 heteroatoms. The molecule has 0 radical (unpaired) electrons. The molecule has 2 aliphatic rings. The van der Waals surface area contributed by atoms with E-state index in [9.17, 15) is 9.59 Å². The van der Waals surface area contributed by atoms with Crippen LogP contribution in [0.25, 0.3) is 0 Å². The van der Waals surface area contributed by atoms with E-state index in [1.165, 1.54) is 12.0 Å². The Labute approximate surface area is 177 Å². The van der Waals surface area contributed by atoms with Gasteiger partial charge in [0.05, 0.1) is 5.75 Å². The van der Waals surface area contributed by atoms with Crippen LogP contribution < -0.4 is 10.2 Å². The minimum Gasteiger partial charge on any atom is -0.326 e. The minimum absolute atomic E-state index is 0.0678. The molecular formula is C24H28N2O2S. The van der Waals surface area contributed by atoms with Crippen molar-refractivity contribution in [2.45, 2.75) is 50.8 Å². The van der Waals surface area contributed by atoms with Crippen LogP contribution in [0.5, 0.6) is 0 Å². The third kappa shape index (κ3) is 4.35. The Kier molecular flexibility index (Phi) is 6.24. The van der Waals surface area contributed by atoms with Gasteiger partial charge in [-0.25, -0.2) is 0 Å². The van der Waals surface area contributed by atoms with Crippen LogP contribution in [0.1, 0.15) is 55.5 Å². The summed E-state index contributed by atoms with van der Waals surface area (Å²) in [4.78, 5) is 27.3. The van der Waals surface area contributed by atoms with Gasteiger partial charge in [0.1, 0.15) is 5.37 Å². The first-order chi connectivity index (χ1) is 14.2. The quantitative estimate of drug-likeness (QED) is 0.706. The van der Waals surface area contributed by atoms with Crippen molar-refractivity contribution in [3.8, 4) is 0 Å². The van der Waals surface area contributed by atoms with Gasteiger partial charge in [0.25, 0.3) is 0 Å². The molecule has 1 saturated heterocycles. The van der Waals surface area contributed by atoms with Gasteiger partial charge in [-0.05, 0) is 48.6 Å². The van der Waals surface area contributed by atoms with Crippen LogP contribution in [-0.2, 0) is 16.0 Å². The van der Waals surface area contributed by atoms with Crippen LogP contribution >= 0.6 is 11.8 Å². The van der Waals surface area contributed by atoms with E-state index >= 15 is 0 Å². The van der Waals surface area contributed by atoms with E-state index in [-0.39, 0.29) is 23.1 Å². The molecule has 0 bridgehead atoms. The number of hydrogen-bond donors (Lipinski definition) is 1. The third-order valence-corrected chi connectivity index (χ3v) is 7.13. The van der Waals surface area contributed by atoms with Crippen LogP contribution in [0.4, 0.5) is 11.4 Å². The van der Waals surface area contributed by atoms with E-state index in [2.05, 4.69) is 18.3 Å². The highest BCUT2D eigenvalue weighted by molar-refractivity contribution is 8.00. The van der Waals surface area contributed by atoms with Crippen molar-refractivity contribution in [3.05, 3.63) is 59.7 Å². The van der Waals surface area contributed by atoms with Gasteiger partial charge in [-0.15, -0.1) is 11.8 Å². The fourth-order valence-electron chi connectivity index (χ4n) is 4.35. The second-order valence-electron chi connectivity index (χ2n) is 7.86. The molecule has 2 fully saturated rings. The molecule has 2 amide bonds. The highest BCUT2D eigenvalue weighted by atomic mass is 32.2. The van der Waals surface area contributed by atoms with Gasteiger partial charge in [-0.3, -0.25) is 14.5 Å². The molecular weight excluding hydrogens is 380 g/mol. The van der Waals surface area contributed by atoms with Crippen LogP contribution in [-0.4, -0.2) is 17.6 Å². The lowest BCUT2D eigenvalue weighted by molar-refractivity contribution is -0.120. The van der Waals surface area contributed by atoms with Gasteiger partial charge >= 0.3 is 0 Å². The molecule has 2 aromatic carbocycles. The Morgan fingerprint density at radius 3 is 2.69 bits per heavy atom. The number of nitrogens with one attached hydrogen (secondary N) is 1. The molecule has 0 unspecified atom stereocenters. The number of rotatable bonds is 5. The topological polar surface area (TPSA) is 49.4 Å². The summed E-state index contributed by atoms with van der Waals surface area (Å²) in [5.41, 5.74) is 4.04. The van der Waals surface area contributed by atoms with Crippen molar-refractivity contribution >= 4 is 35.0 Å². The average Bonchev–Trinajstić information content (AvgIpc) is 3.15. The lowest BCUT2D eigenvalue weighted by atomic mass is 9.88. The standard InChI is InChI=1S/C24H28N2O2S/c1-2-17-9-6-7-14-21(17)26-22(27)16-29-24(26)19-12-8-13-20(15-19)25-23(28)18-10-4-3-5-11-18/h6-9,12-15,18,24H,2-5,10-11,16H2,1H3,(H,25,28)/t24-/m0/s1. The van der Waals surface area contributed by atoms with Crippen molar-refractivity contribution in [2.75, 3.05) is 16.0 Å². The molecule has 2 aromatic rings. The fraction of sp³-hybridized carbons (Fsp3) is 0.417. The monoisotopic (exact) mass is 408 g/mol. The first kappa shape index (κ1) is 20.0. The lowest BCUT2D eigenvalue weighted by Crippen LogP contribution is -2.29. The van der Waals surface area contributed by atoms with Gasteiger partial charge in [-0.1, -0.05) is 56.5 Å². The van der Waals surface area contributed by atoms with Crippen LogP contribution in [0.3, 0.4) is 0 Å². The number of nitrogens with zero attached hydrogens (tertiary/aromatic N) is 1. The van der Waals surface area contributed by atoms with Crippen LogP contribution in [0.15, 0.2) is 48.5 Å². The van der Waals surface area contributed by atoms with Crippen LogP contribution in [0, 0.1) is 5.92 Å². The first-order valence-corrected chi connectivity index (χ1v) is 11.6. The third-order valence-electron chi connectivity index (χ3n) is 5.92. The molecule has 0 aromatic heterocycles. The molecule has 1 atom stereocenters. The summed E-state index contributed by atoms with van der Waals surface area (Å²) in [5, 5.41) is 3.04. The van der Waals surface area contributed by atoms with E-state index in [0.29, 0.717) is 5.75 Å². The molecule has 4 rings (SSSR count). The van der Waals surface area contributed by atoms with E-state index < -0.39 is 0 Å². The van der Waals surface area contributed by atoms with Crippen molar-refractivity contribution in [1.82, 2.24) is 0 Å². The zero-order valence-corrected chi connectivity index (χ0v) is 17.7. The van der Waals surface area contributed by atoms with Gasteiger partial charge in [0.15, 0.2) is 0 Å². The normalized spacial score (nSPS) is 20.1. The predicted octanol–water partition coefficient (Wildman–Crippen LogP) is 5.55. The number of hydrogen-bond acceptors (Lipinski definition) is 3. The first-order valence-electron chi connectivity index (χ1n) is 10.6. The molecule has 152 valence electrons. The summed E-state index contributed by atoms with van der Waals surface area (Å²) >= 11 is 1.65. The van der Waals surface area contributed by atoms with Crippen molar-refractivity contribution in [3.63, 3.8) is 0 Å². The highest BCUT2D eigenvalue weighted by Gasteiger charge is 2.35. The lowest BCUT2D eigenvalue weighted by Gasteiger charge is -2.27. The van der Waals surface area contributed by atoms with E-state index in [1.54, 1.807) is 11.8 Å². The van der Waals surface area contributed by atoms with Crippen molar-refractivity contribution < 1.29 is 9.59 Å². The molecule has 1 N–H and O–H groups in total. The zero-order valence-electron chi connectivity index (χ0n) is 16.9. The Bertz CT molecular complexity index is 892. The van der Waals surface area contributed by atoms with E-state index in [1.807, 2.05) is 47.4 Å². The van der Waals surface area contributed by atoms with E-state index in [0.717, 1.165) is 49.0 Å². The summed E-state index contributed by atoms with van der Waals surface area (Å²) in [6.07, 6.45) is 6.38. The summed E-state index contributed by atoms with van der Waals surface area (Å²) in [5.74, 6) is 0.868. The number of carbonyl (C=O) groups excluding carboxylic acids is 2. The number of carbonyl (C=O) groups is 2. The van der Waals surface area contributed by atoms with Gasteiger partial charge < -0.3 is 5.32 Å². The molecule has 29 heavy (non-hydrogen) atoms. The largest absolute Gasteiger partial charge is 0.326 e. The molecule has 1 saturated carbocycles. The smallest absolute Gasteiger partial charge is 0.238 e. The maximum absolute atomic E-state index is 12.7. The summed E-state index contributed by atoms with van der Waals surface area (Å²) in [6.45, 7) is 2.11. The van der Waals surface area contributed by atoms with E-state index in [4.69, 9.17) is 0 Å². The SMILES string of the molecule is CCc1ccccc1N1C(=O)CS[C@H]1c1cccc(NC(=O)C2CCCCC2)c1. The van der Waals surface area contributed by atoms with Crippen molar-refractivity contribution in [1.29, 1.82) is 0 Å². The molecule has 4 nitrogen and oxygen atoms in total. The Morgan fingerprint density at radius 1 is 1.10 bits per heavy atom. The minimum atomic E-state index is -0.0678. The zero-order chi connectivity index (χ0) is 20.2. The van der Waals surface area contributed by atoms with Crippen LogP contribution in [0.2, 0.25) is 0 Å². The fourth-order valence-corrected chi connectivity index (χ4v) is 5.51. The summed E-state index contributed by atoms with van der Waals surface area (Å²) in [6, 6.07) is 16.1. The molecule has 1 heterocycles. The average molecular weight is 409 g/mol. The Hall–Kier alpha value is -2.27. The molecule has 1 aliphatic heterocycles. The summed E-state index contributed by atoms with van der Waals surface area (Å²) < 4.78 is 0. The number of aryl methyl sites for hydroxylation is 1. The van der Waals surface area contributed by atoms with Gasteiger partial charge in [0.2, 0.25) is 11.8 Å². The number of thioether (sulfide) groups is 1. The second-order valence-corrected chi connectivity index (χ2v) is 8.93. The Morgan fingerprint density at radius 2 is 1.90 bits per heavy atom. The maximum atomic E-state index is 12.7. The molecule has 0 spiro atoms. The Balaban J connectivity index is 1.56. The predicted molar refractivity (Wildman–Crippen MR) is 120 cm³/mol. The number of benzene rings is 2. The van der Waals surface area contributed by atoms with Gasteiger partial charge in [0, 0.05) is 17.3 Å². The summed E-state index contributed by atoms with van der Waals surface area (Å²) in [7, 11) is 0. The number of amides is 2. The van der Waals surface area contributed by atoms with Crippen molar-refractivity contribution in [2.24, 2.45) is 5.92 Å².